The van der Waals surface area contributed by atoms with E-state index in [1.807, 2.05) is 0 Å². The van der Waals surface area contributed by atoms with Crippen LogP contribution in [0.3, 0.4) is 0 Å². The van der Waals surface area contributed by atoms with Gasteiger partial charge in [0.2, 0.25) is 11.5 Å². The van der Waals surface area contributed by atoms with Gasteiger partial charge in [-0.1, -0.05) is 28.1 Å². The molecule has 146 valence electrons. The summed E-state index contributed by atoms with van der Waals surface area (Å²) in [6, 6.07) is 12.0. The van der Waals surface area contributed by atoms with Crippen LogP contribution in [0.1, 0.15) is 6.92 Å². The van der Waals surface area contributed by atoms with E-state index >= 15 is 0 Å². The van der Waals surface area contributed by atoms with Crippen LogP contribution in [0.2, 0.25) is 0 Å². The van der Waals surface area contributed by atoms with E-state index in [4.69, 9.17) is 14.2 Å². The second-order valence-corrected chi connectivity index (χ2v) is 8.10. The number of carbonyl (C=O) groups excluding carboxylic acids is 1. The maximum atomic E-state index is 13.2. The Morgan fingerprint density at radius 1 is 1.00 bits per heavy atom. The third kappa shape index (κ3) is 3.57. The van der Waals surface area contributed by atoms with E-state index < -0.39 is 16.8 Å². The van der Waals surface area contributed by atoms with Gasteiger partial charge in [0.25, 0.3) is 0 Å². The molecule has 6 nitrogen and oxygen atoms in total. The molecular weight excluding hydrogens is 448 g/mol. The predicted octanol–water partition coefficient (Wildman–Crippen LogP) is 4.42. The highest BCUT2D eigenvalue weighted by molar-refractivity contribution is 9.10. The number of aromatic hydroxyl groups is 1. The maximum Gasteiger partial charge on any atom is 0.308 e. The molecule has 0 saturated carbocycles. The second-order valence-electron chi connectivity index (χ2n) is 5.74. The Labute approximate surface area is 172 Å². The summed E-state index contributed by atoms with van der Waals surface area (Å²) in [5.74, 6) is -0.645. The Bertz CT molecular complexity index is 1080. The fourth-order valence-corrected chi connectivity index (χ4v) is 4.37. The van der Waals surface area contributed by atoms with E-state index in [0.29, 0.717) is 15.2 Å². The molecular formula is C20H17BrO6S. The number of hydrogen-bond acceptors (Lipinski definition) is 6. The molecule has 0 aliphatic heterocycles. The molecule has 3 aromatic carbocycles. The summed E-state index contributed by atoms with van der Waals surface area (Å²) in [6.07, 6.45) is 0. The lowest BCUT2D eigenvalue weighted by Gasteiger charge is -2.18. The summed E-state index contributed by atoms with van der Waals surface area (Å²) >= 11 is 3.35. The molecule has 0 saturated heterocycles. The Kier molecular flexibility index (Phi) is 5.90. The number of hydrogen-bond donors (Lipinski definition) is 1. The van der Waals surface area contributed by atoms with Gasteiger partial charge in [0, 0.05) is 27.1 Å². The number of phenols is 1. The van der Waals surface area contributed by atoms with Crippen molar-refractivity contribution in [3.8, 4) is 23.0 Å². The lowest BCUT2D eigenvalue weighted by Crippen LogP contribution is -2.06. The molecule has 1 atom stereocenters. The van der Waals surface area contributed by atoms with Gasteiger partial charge in [-0.25, -0.2) is 4.21 Å². The van der Waals surface area contributed by atoms with Crippen LogP contribution >= 0.6 is 15.9 Å². The second kappa shape index (κ2) is 8.20. The monoisotopic (exact) mass is 464 g/mol. The molecule has 1 N–H and O–H groups in total. The Morgan fingerprint density at radius 2 is 1.64 bits per heavy atom. The normalized spacial score (nSPS) is 11.9. The Morgan fingerprint density at radius 3 is 2.21 bits per heavy atom. The van der Waals surface area contributed by atoms with Crippen LogP contribution in [0.5, 0.6) is 23.0 Å². The van der Waals surface area contributed by atoms with Gasteiger partial charge >= 0.3 is 5.97 Å². The van der Waals surface area contributed by atoms with Crippen molar-refractivity contribution >= 4 is 43.5 Å². The van der Waals surface area contributed by atoms with Gasteiger partial charge in [-0.15, -0.1) is 0 Å². The van der Waals surface area contributed by atoms with Gasteiger partial charge in [-0.05, 0) is 30.3 Å². The first kappa shape index (κ1) is 20.2. The van der Waals surface area contributed by atoms with Crippen molar-refractivity contribution in [1.82, 2.24) is 0 Å². The third-order valence-corrected chi connectivity index (χ3v) is 5.99. The molecule has 0 amide bonds. The lowest BCUT2D eigenvalue weighted by atomic mass is 10.1. The topological polar surface area (TPSA) is 82.1 Å². The van der Waals surface area contributed by atoms with Crippen LogP contribution in [0, 0.1) is 0 Å². The summed E-state index contributed by atoms with van der Waals surface area (Å²) in [5, 5.41) is 11.5. The first-order valence-electron chi connectivity index (χ1n) is 8.14. The van der Waals surface area contributed by atoms with Gasteiger partial charge in [-0.2, -0.15) is 0 Å². The van der Waals surface area contributed by atoms with E-state index in [2.05, 4.69) is 15.9 Å². The first-order chi connectivity index (χ1) is 13.4. The van der Waals surface area contributed by atoms with Crippen molar-refractivity contribution < 1.29 is 28.3 Å². The number of esters is 1. The molecule has 0 aromatic heterocycles. The Hall–Kier alpha value is -2.58. The number of fused-ring (bicyclic) bond motifs is 1. The standard InChI is InChI=1S/C20H17BrO6S/c1-11(22)27-18-14-5-4-6-15(28(24)13-9-7-12(21)8-10-13)16(14)17(23)19(25-2)20(18)26-3/h4-10,23H,1-3H3. The van der Waals surface area contributed by atoms with Gasteiger partial charge in [0.05, 0.1) is 29.9 Å². The van der Waals surface area contributed by atoms with Gasteiger partial charge in [-0.3, -0.25) is 4.79 Å². The quantitative estimate of drug-likeness (QED) is 0.444. The summed E-state index contributed by atoms with van der Waals surface area (Å²) in [4.78, 5) is 12.5. The van der Waals surface area contributed by atoms with Crippen LogP contribution in [0.4, 0.5) is 0 Å². The summed E-state index contributed by atoms with van der Waals surface area (Å²) < 4.78 is 30.0. The highest BCUT2D eigenvalue weighted by Gasteiger charge is 2.26. The van der Waals surface area contributed by atoms with Crippen LogP contribution in [-0.4, -0.2) is 29.5 Å². The summed E-state index contributed by atoms with van der Waals surface area (Å²) in [5.41, 5.74) is 0. The number of carbonyl (C=O) groups is 1. The number of benzene rings is 3. The average Bonchev–Trinajstić information content (AvgIpc) is 2.69. The highest BCUT2D eigenvalue weighted by Crippen LogP contribution is 2.52. The molecule has 0 radical (unpaired) electrons. The van der Waals surface area contributed by atoms with Crippen molar-refractivity contribution in [2.75, 3.05) is 14.2 Å². The van der Waals surface area contributed by atoms with Gasteiger partial charge in [0.1, 0.15) is 0 Å². The fourth-order valence-electron chi connectivity index (χ4n) is 2.87. The number of phenolic OH excluding ortho intramolecular Hbond substituents is 1. The largest absolute Gasteiger partial charge is 0.504 e. The zero-order valence-corrected chi connectivity index (χ0v) is 17.7. The molecule has 8 heteroatoms. The minimum absolute atomic E-state index is 0.00786. The average molecular weight is 465 g/mol. The van der Waals surface area contributed by atoms with Crippen molar-refractivity contribution in [2.45, 2.75) is 16.7 Å². The third-order valence-electron chi connectivity index (χ3n) is 4.02. The highest BCUT2D eigenvalue weighted by atomic mass is 79.9. The Balaban J connectivity index is 2.35. The van der Waals surface area contributed by atoms with Crippen LogP contribution in [0.25, 0.3) is 10.8 Å². The molecule has 0 heterocycles. The maximum absolute atomic E-state index is 13.2. The molecule has 3 rings (SSSR count). The van der Waals surface area contributed by atoms with E-state index in [0.717, 1.165) is 4.47 Å². The van der Waals surface area contributed by atoms with Crippen LogP contribution in [-0.2, 0) is 15.6 Å². The number of halogens is 1. The number of methoxy groups -OCH3 is 2. The van der Waals surface area contributed by atoms with Gasteiger partial charge < -0.3 is 19.3 Å². The minimum Gasteiger partial charge on any atom is -0.504 e. The minimum atomic E-state index is -1.60. The lowest BCUT2D eigenvalue weighted by molar-refractivity contribution is -0.131. The van der Waals surface area contributed by atoms with Crippen LogP contribution < -0.4 is 14.2 Å². The molecule has 1 unspecified atom stereocenters. The predicted molar refractivity (Wildman–Crippen MR) is 109 cm³/mol. The molecule has 28 heavy (non-hydrogen) atoms. The molecule has 0 fully saturated rings. The summed E-state index contributed by atoms with van der Waals surface area (Å²) in [7, 11) is 1.13. The number of rotatable bonds is 5. The molecule has 0 aliphatic rings. The first-order valence-corrected chi connectivity index (χ1v) is 10.1. The van der Waals surface area contributed by atoms with E-state index in [1.165, 1.54) is 21.1 Å². The smallest absolute Gasteiger partial charge is 0.308 e. The van der Waals surface area contributed by atoms with Gasteiger partial charge in [0.15, 0.2) is 11.5 Å². The molecule has 0 spiro atoms. The van der Waals surface area contributed by atoms with E-state index in [-0.39, 0.29) is 28.4 Å². The molecule has 3 aromatic rings. The van der Waals surface area contributed by atoms with Crippen molar-refractivity contribution in [3.63, 3.8) is 0 Å². The van der Waals surface area contributed by atoms with Crippen LogP contribution in [0.15, 0.2) is 56.7 Å². The number of ether oxygens (including phenoxy) is 3. The summed E-state index contributed by atoms with van der Waals surface area (Å²) in [6.45, 7) is 1.26. The van der Waals surface area contributed by atoms with Crippen molar-refractivity contribution in [2.24, 2.45) is 0 Å². The zero-order chi connectivity index (χ0) is 20.4. The van der Waals surface area contributed by atoms with Crippen molar-refractivity contribution in [1.29, 1.82) is 0 Å². The fraction of sp³-hybridized carbons (Fsp3) is 0.150. The SMILES string of the molecule is COc1c(OC)c(O)c2c(S(=O)c3ccc(Br)cc3)cccc2c1OC(C)=O. The zero-order valence-electron chi connectivity index (χ0n) is 15.3. The van der Waals surface area contributed by atoms with E-state index in [9.17, 15) is 14.1 Å². The molecule has 0 aliphatic carbocycles. The van der Waals surface area contributed by atoms with Crippen molar-refractivity contribution in [3.05, 3.63) is 46.9 Å². The van der Waals surface area contributed by atoms with E-state index in [1.54, 1.807) is 42.5 Å². The molecule has 0 bridgehead atoms.